The van der Waals surface area contributed by atoms with Crippen molar-refractivity contribution in [2.75, 3.05) is 26.0 Å². The molecule has 0 radical (unpaired) electrons. The van der Waals surface area contributed by atoms with E-state index >= 15 is 0 Å². The molecule has 1 aliphatic rings. The van der Waals surface area contributed by atoms with E-state index in [0.717, 1.165) is 12.8 Å². The third-order valence-electron chi connectivity index (χ3n) is 4.37. The molecule has 0 heterocycles. The summed E-state index contributed by atoms with van der Waals surface area (Å²) < 4.78 is 14.0. The summed E-state index contributed by atoms with van der Waals surface area (Å²) in [4.78, 5) is 16.0. The molecule has 1 aromatic carbocycles. The average Bonchev–Trinajstić information content (AvgIpc) is 2.74. The van der Waals surface area contributed by atoms with E-state index in [1.54, 1.807) is 36.0 Å². The lowest BCUT2D eigenvalue weighted by Gasteiger charge is -2.27. The standard InChI is InChI=1S/C17H25FN2O/c1-19(2)16-11-10-13(12-15(16)18)17(21)20(3)14-8-6-4-5-7-9-14/h10-12,14H,4-9H2,1-3H3. The van der Waals surface area contributed by atoms with Gasteiger partial charge >= 0.3 is 0 Å². The molecule has 1 fully saturated rings. The highest BCUT2D eigenvalue weighted by Crippen LogP contribution is 2.24. The van der Waals surface area contributed by atoms with E-state index in [1.165, 1.54) is 31.7 Å². The molecule has 1 aliphatic carbocycles. The maximum Gasteiger partial charge on any atom is 0.253 e. The van der Waals surface area contributed by atoms with Gasteiger partial charge in [-0.05, 0) is 31.0 Å². The van der Waals surface area contributed by atoms with Gasteiger partial charge in [0.25, 0.3) is 5.91 Å². The maximum absolute atomic E-state index is 14.0. The molecular formula is C17H25FN2O. The first-order valence-corrected chi connectivity index (χ1v) is 7.74. The van der Waals surface area contributed by atoms with Crippen LogP contribution in [-0.2, 0) is 0 Å². The van der Waals surface area contributed by atoms with Gasteiger partial charge in [0, 0.05) is 32.7 Å². The Morgan fingerprint density at radius 1 is 1.10 bits per heavy atom. The monoisotopic (exact) mass is 292 g/mol. The van der Waals surface area contributed by atoms with E-state index in [9.17, 15) is 9.18 Å². The van der Waals surface area contributed by atoms with Crippen LogP contribution < -0.4 is 4.90 Å². The fraction of sp³-hybridized carbons (Fsp3) is 0.588. The first-order valence-electron chi connectivity index (χ1n) is 7.74. The van der Waals surface area contributed by atoms with E-state index in [4.69, 9.17) is 0 Å². The van der Waals surface area contributed by atoms with Crippen LogP contribution in [0.4, 0.5) is 10.1 Å². The quantitative estimate of drug-likeness (QED) is 0.793. The van der Waals surface area contributed by atoms with Gasteiger partial charge in [0.05, 0.1) is 5.69 Å². The molecule has 1 aromatic rings. The van der Waals surface area contributed by atoms with E-state index < -0.39 is 0 Å². The number of benzene rings is 1. The fourth-order valence-electron chi connectivity index (χ4n) is 3.02. The van der Waals surface area contributed by atoms with Gasteiger partial charge in [-0.2, -0.15) is 0 Å². The molecule has 1 amide bonds. The number of rotatable bonds is 3. The first-order chi connectivity index (χ1) is 10.0. The lowest BCUT2D eigenvalue weighted by molar-refractivity contribution is 0.0717. The van der Waals surface area contributed by atoms with Gasteiger partial charge in [0.15, 0.2) is 0 Å². The summed E-state index contributed by atoms with van der Waals surface area (Å²) in [5.41, 5.74) is 0.938. The minimum atomic E-state index is -0.347. The Hall–Kier alpha value is -1.58. The van der Waals surface area contributed by atoms with E-state index in [0.29, 0.717) is 11.3 Å². The zero-order valence-corrected chi connectivity index (χ0v) is 13.2. The van der Waals surface area contributed by atoms with Gasteiger partial charge in [0.2, 0.25) is 0 Å². The van der Waals surface area contributed by atoms with Crippen molar-refractivity contribution < 1.29 is 9.18 Å². The van der Waals surface area contributed by atoms with Crippen molar-refractivity contribution in [3.63, 3.8) is 0 Å². The predicted octanol–water partition coefficient (Wildman–Crippen LogP) is 3.69. The zero-order chi connectivity index (χ0) is 15.4. The number of amides is 1. The van der Waals surface area contributed by atoms with Crippen LogP contribution in [0.15, 0.2) is 18.2 Å². The molecular weight excluding hydrogens is 267 g/mol. The van der Waals surface area contributed by atoms with Crippen molar-refractivity contribution in [2.24, 2.45) is 0 Å². The second kappa shape index (κ2) is 6.92. The topological polar surface area (TPSA) is 23.6 Å². The van der Waals surface area contributed by atoms with E-state index in [1.807, 2.05) is 7.05 Å². The Balaban J connectivity index is 2.13. The summed E-state index contributed by atoms with van der Waals surface area (Å²) in [6, 6.07) is 5.03. The first kappa shape index (κ1) is 15.8. The number of carbonyl (C=O) groups is 1. The van der Waals surface area contributed by atoms with Crippen LogP contribution in [-0.4, -0.2) is 38.0 Å². The number of carbonyl (C=O) groups excluding carboxylic acids is 1. The van der Waals surface area contributed by atoms with Crippen molar-refractivity contribution in [3.05, 3.63) is 29.6 Å². The molecule has 0 aliphatic heterocycles. The molecule has 3 nitrogen and oxygen atoms in total. The normalized spacial score (nSPS) is 16.4. The van der Waals surface area contributed by atoms with E-state index in [-0.39, 0.29) is 17.8 Å². The van der Waals surface area contributed by atoms with Crippen molar-refractivity contribution in [1.82, 2.24) is 4.90 Å². The molecule has 0 aromatic heterocycles. The molecule has 4 heteroatoms. The van der Waals surface area contributed by atoms with Crippen molar-refractivity contribution in [3.8, 4) is 0 Å². The number of hydrogen-bond acceptors (Lipinski definition) is 2. The molecule has 116 valence electrons. The summed E-state index contributed by atoms with van der Waals surface area (Å²) >= 11 is 0. The van der Waals surface area contributed by atoms with Gasteiger partial charge in [-0.25, -0.2) is 4.39 Å². The van der Waals surface area contributed by atoms with Gasteiger partial charge < -0.3 is 9.80 Å². The SMILES string of the molecule is CN(C)c1ccc(C(=O)N(C)C2CCCCCC2)cc1F. The Bertz CT molecular complexity index is 494. The predicted molar refractivity (Wildman–Crippen MR) is 84.3 cm³/mol. The summed E-state index contributed by atoms with van der Waals surface area (Å²) in [7, 11) is 5.42. The van der Waals surface area contributed by atoms with Crippen molar-refractivity contribution in [2.45, 2.75) is 44.6 Å². The lowest BCUT2D eigenvalue weighted by Crippen LogP contribution is -2.36. The number of halogens is 1. The minimum absolute atomic E-state index is 0.0777. The van der Waals surface area contributed by atoms with Crippen LogP contribution in [0.25, 0.3) is 0 Å². The Kier molecular flexibility index (Phi) is 5.21. The van der Waals surface area contributed by atoms with Gasteiger partial charge in [0.1, 0.15) is 5.82 Å². The second-order valence-corrected chi connectivity index (χ2v) is 6.12. The molecule has 0 saturated heterocycles. The van der Waals surface area contributed by atoms with Crippen LogP contribution in [0, 0.1) is 5.82 Å². The fourth-order valence-corrected chi connectivity index (χ4v) is 3.02. The molecule has 0 bridgehead atoms. The lowest BCUT2D eigenvalue weighted by atomic mass is 10.1. The third-order valence-corrected chi connectivity index (χ3v) is 4.37. The number of hydrogen-bond donors (Lipinski definition) is 0. The van der Waals surface area contributed by atoms with E-state index in [2.05, 4.69) is 0 Å². The zero-order valence-electron chi connectivity index (χ0n) is 13.2. The second-order valence-electron chi connectivity index (χ2n) is 6.12. The van der Waals surface area contributed by atoms with Crippen LogP contribution >= 0.6 is 0 Å². The molecule has 0 N–H and O–H groups in total. The van der Waals surface area contributed by atoms with Gasteiger partial charge in [-0.15, -0.1) is 0 Å². The Morgan fingerprint density at radius 3 is 2.24 bits per heavy atom. The highest BCUT2D eigenvalue weighted by Gasteiger charge is 2.22. The van der Waals surface area contributed by atoms with Crippen LogP contribution in [0.2, 0.25) is 0 Å². The van der Waals surface area contributed by atoms with Crippen LogP contribution in [0.5, 0.6) is 0 Å². The summed E-state index contributed by atoms with van der Waals surface area (Å²) in [6.07, 6.45) is 6.98. The molecule has 0 atom stereocenters. The molecule has 2 rings (SSSR count). The van der Waals surface area contributed by atoms with Crippen LogP contribution in [0.3, 0.4) is 0 Å². The molecule has 1 saturated carbocycles. The third kappa shape index (κ3) is 3.74. The highest BCUT2D eigenvalue weighted by molar-refractivity contribution is 5.94. The Morgan fingerprint density at radius 2 is 1.71 bits per heavy atom. The van der Waals surface area contributed by atoms with Crippen molar-refractivity contribution in [1.29, 1.82) is 0 Å². The molecule has 0 spiro atoms. The Labute approximate surface area is 126 Å². The largest absolute Gasteiger partial charge is 0.375 e. The summed E-state index contributed by atoms with van der Waals surface area (Å²) in [5, 5.41) is 0. The highest BCUT2D eigenvalue weighted by atomic mass is 19.1. The van der Waals surface area contributed by atoms with Crippen molar-refractivity contribution >= 4 is 11.6 Å². The average molecular weight is 292 g/mol. The minimum Gasteiger partial charge on any atom is -0.375 e. The number of nitrogens with zero attached hydrogens (tertiary/aromatic N) is 2. The smallest absolute Gasteiger partial charge is 0.253 e. The number of anilines is 1. The summed E-state index contributed by atoms with van der Waals surface area (Å²) in [6.45, 7) is 0. The van der Waals surface area contributed by atoms with Crippen LogP contribution in [0.1, 0.15) is 48.9 Å². The summed E-state index contributed by atoms with van der Waals surface area (Å²) in [5.74, 6) is -0.425. The molecule has 0 unspecified atom stereocenters. The maximum atomic E-state index is 14.0. The van der Waals surface area contributed by atoms with Gasteiger partial charge in [-0.1, -0.05) is 25.7 Å². The molecule has 21 heavy (non-hydrogen) atoms. The van der Waals surface area contributed by atoms with Gasteiger partial charge in [-0.3, -0.25) is 4.79 Å².